The van der Waals surface area contributed by atoms with E-state index in [9.17, 15) is 14.7 Å². The fourth-order valence-corrected chi connectivity index (χ4v) is 4.77. The molecule has 172 valence electrons. The highest BCUT2D eigenvalue weighted by atomic mass is 16.6. The van der Waals surface area contributed by atoms with Crippen molar-refractivity contribution in [3.05, 3.63) is 56.9 Å². The molecule has 1 aromatic carbocycles. The van der Waals surface area contributed by atoms with Crippen molar-refractivity contribution in [2.75, 3.05) is 13.2 Å². The third kappa shape index (κ3) is 3.16. The summed E-state index contributed by atoms with van der Waals surface area (Å²) in [4.78, 5) is 30.7. The van der Waals surface area contributed by atoms with Gasteiger partial charge in [0.05, 0.1) is 35.6 Å². The number of nitrogens with zero attached hydrogens (tertiary/aromatic N) is 2. The molecule has 4 heterocycles. The number of ether oxygens (including phenoxy) is 2. The van der Waals surface area contributed by atoms with Crippen molar-refractivity contribution in [3.8, 4) is 17.1 Å². The van der Waals surface area contributed by atoms with E-state index in [1.165, 1.54) is 0 Å². The van der Waals surface area contributed by atoms with Crippen molar-refractivity contribution >= 4 is 16.9 Å². The average Bonchev–Trinajstić information content (AvgIpc) is 3.19. The molecule has 0 radical (unpaired) electrons. The van der Waals surface area contributed by atoms with Crippen LogP contribution in [0.1, 0.15) is 48.9 Å². The van der Waals surface area contributed by atoms with Crippen LogP contribution in [0.25, 0.3) is 22.3 Å². The zero-order chi connectivity index (χ0) is 23.3. The van der Waals surface area contributed by atoms with Crippen LogP contribution in [0.15, 0.2) is 29.1 Å². The summed E-state index contributed by atoms with van der Waals surface area (Å²) in [6.07, 6.45) is 1.66. The number of carbonyl (C=O) groups excluding carboxylic acids is 1. The maximum absolute atomic E-state index is 13.3. The lowest BCUT2D eigenvalue weighted by molar-refractivity contribution is -0.172. The number of carbonyl (C=O) groups is 1. The van der Waals surface area contributed by atoms with Crippen LogP contribution in [-0.4, -0.2) is 33.8 Å². The molecule has 0 bridgehead atoms. The highest BCUT2D eigenvalue weighted by Crippen LogP contribution is 2.40. The van der Waals surface area contributed by atoms with E-state index in [0.717, 1.165) is 40.6 Å². The number of aliphatic hydroxyl groups is 1. The number of fused-ring (bicyclic) bond motifs is 5. The maximum Gasteiger partial charge on any atom is 0.343 e. The molecule has 0 amide bonds. The van der Waals surface area contributed by atoms with E-state index in [0.29, 0.717) is 42.2 Å². The standard InChI is InChI=1S/C25H27N3O5/c1-3-14-6-7-20(32-9-5-8-26)16-10-15-12-28-19(22(15)27-21(14)16)11-18-17(23(28)29)13-33-24(30)25(18,31)4-2/h6-7,10-11,31H,3-5,8-9,12-13,26H2,1-2H3/t25-/m0/s1. The monoisotopic (exact) mass is 449 g/mol. The van der Waals surface area contributed by atoms with Gasteiger partial charge in [0.15, 0.2) is 5.60 Å². The van der Waals surface area contributed by atoms with Gasteiger partial charge in [0.1, 0.15) is 12.4 Å². The lowest BCUT2D eigenvalue weighted by atomic mass is 9.86. The number of esters is 1. The van der Waals surface area contributed by atoms with Crippen LogP contribution in [0.5, 0.6) is 5.75 Å². The van der Waals surface area contributed by atoms with Gasteiger partial charge in [0.2, 0.25) is 0 Å². The van der Waals surface area contributed by atoms with Crippen LogP contribution in [-0.2, 0) is 34.7 Å². The lowest BCUT2D eigenvalue weighted by Gasteiger charge is -2.31. The fourth-order valence-electron chi connectivity index (χ4n) is 4.77. The second kappa shape index (κ2) is 7.97. The Labute approximate surface area is 191 Å². The number of hydrogen-bond acceptors (Lipinski definition) is 7. The first kappa shape index (κ1) is 21.6. The van der Waals surface area contributed by atoms with Crippen molar-refractivity contribution in [2.45, 2.75) is 51.9 Å². The Bertz CT molecular complexity index is 1350. The molecule has 0 unspecified atom stereocenters. The first-order valence-corrected chi connectivity index (χ1v) is 11.4. The first-order valence-electron chi connectivity index (χ1n) is 11.4. The third-order valence-corrected chi connectivity index (χ3v) is 6.71. The zero-order valence-electron chi connectivity index (χ0n) is 18.8. The molecule has 0 fully saturated rings. The van der Waals surface area contributed by atoms with Crippen molar-refractivity contribution in [2.24, 2.45) is 5.73 Å². The molecule has 5 rings (SSSR count). The number of cyclic esters (lactones) is 1. The predicted octanol–water partition coefficient (Wildman–Crippen LogP) is 2.37. The van der Waals surface area contributed by atoms with Gasteiger partial charge in [-0.3, -0.25) is 4.79 Å². The molecule has 2 aliphatic rings. The minimum Gasteiger partial charge on any atom is -0.493 e. The summed E-state index contributed by atoms with van der Waals surface area (Å²) in [7, 11) is 0. The van der Waals surface area contributed by atoms with Crippen molar-refractivity contribution in [1.82, 2.24) is 9.55 Å². The Morgan fingerprint density at radius 2 is 2.09 bits per heavy atom. The second-order valence-corrected chi connectivity index (χ2v) is 8.56. The zero-order valence-corrected chi connectivity index (χ0v) is 18.8. The van der Waals surface area contributed by atoms with Gasteiger partial charge < -0.3 is 24.9 Å². The highest BCUT2D eigenvalue weighted by Gasteiger charge is 2.45. The molecular formula is C25H27N3O5. The molecule has 0 spiro atoms. The first-order chi connectivity index (χ1) is 15.9. The molecule has 8 nitrogen and oxygen atoms in total. The van der Waals surface area contributed by atoms with Crippen LogP contribution >= 0.6 is 0 Å². The second-order valence-electron chi connectivity index (χ2n) is 8.56. The SMILES string of the molecule is CCc1ccc(OCCCN)c2cc3c(nc12)-c1cc2c(c(=O)n1C3)COC(=O)[C@]2(O)CC. The smallest absolute Gasteiger partial charge is 0.343 e. The van der Waals surface area contributed by atoms with Crippen molar-refractivity contribution in [1.29, 1.82) is 0 Å². The number of pyridine rings is 2. The average molecular weight is 450 g/mol. The van der Waals surface area contributed by atoms with Gasteiger partial charge in [-0.1, -0.05) is 19.9 Å². The predicted molar refractivity (Wildman–Crippen MR) is 123 cm³/mol. The molecular weight excluding hydrogens is 422 g/mol. The number of hydrogen-bond donors (Lipinski definition) is 2. The molecule has 33 heavy (non-hydrogen) atoms. The van der Waals surface area contributed by atoms with Crippen LogP contribution < -0.4 is 16.0 Å². The van der Waals surface area contributed by atoms with Crippen LogP contribution in [0.3, 0.4) is 0 Å². The van der Waals surface area contributed by atoms with Crippen molar-refractivity contribution < 1.29 is 19.4 Å². The van der Waals surface area contributed by atoms with E-state index in [1.807, 2.05) is 18.2 Å². The molecule has 2 aromatic heterocycles. The fraction of sp³-hybridized carbons (Fsp3) is 0.400. The van der Waals surface area contributed by atoms with E-state index in [2.05, 4.69) is 6.92 Å². The Morgan fingerprint density at radius 3 is 2.82 bits per heavy atom. The molecule has 0 saturated carbocycles. The highest BCUT2D eigenvalue weighted by molar-refractivity contribution is 5.91. The summed E-state index contributed by atoms with van der Waals surface area (Å²) >= 11 is 0. The summed E-state index contributed by atoms with van der Waals surface area (Å²) in [5.41, 5.74) is 8.24. The van der Waals surface area contributed by atoms with E-state index in [4.69, 9.17) is 20.2 Å². The van der Waals surface area contributed by atoms with Crippen LogP contribution in [0.2, 0.25) is 0 Å². The van der Waals surface area contributed by atoms with Gasteiger partial charge in [-0.25, -0.2) is 9.78 Å². The molecule has 2 aliphatic heterocycles. The summed E-state index contributed by atoms with van der Waals surface area (Å²) in [6.45, 7) is 5.06. The normalized spacial score (nSPS) is 18.6. The molecule has 3 aromatic rings. The quantitative estimate of drug-likeness (QED) is 0.343. The molecule has 3 N–H and O–H groups in total. The minimum absolute atomic E-state index is 0.114. The minimum atomic E-state index is -1.83. The number of nitrogens with two attached hydrogens (primary N) is 1. The number of aryl methyl sites for hydroxylation is 1. The summed E-state index contributed by atoms with van der Waals surface area (Å²) in [5, 5.41) is 11.9. The summed E-state index contributed by atoms with van der Waals surface area (Å²) in [6, 6.07) is 7.75. The van der Waals surface area contributed by atoms with Gasteiger partial charge in [0.25, 0.3) is 5.56 Å². The van der Waals surface area contributed by atoms with E-state index >= 15 is 0 Å². The largest absolute Gasteiger partial charge is 0.493 e. The van der Waals surface area contributed by atoms with Gasteiger partial charge in [-0.15, -0.1) is 0 Å². The molecule has 0 saturated heterocycles. The van der Waals surface area contributed by atoms with Gasteiger partial charge in [-0.2, -0.15) is 0 Å². The molecule has 0 aliphatic carbocycles. The van der Waals surface area contributed by atoms with Crippen LogP contribution in [0, 0.1) is 0 Å². The number of benzene rings is 1. The topological polar surface area (TPSA) is 117 Å². The number of rotatable bonds is 6. The maximum atomic E-state index is 13.3. The van der Waals surface area contributed by atoms with Gasteiger partial charge in [0, 0.05) is 16.5 Å². The van der Waals surface area contributed by atoms with Gasteiger partial charge in [-0.05, 0) is 49.6 Å². The Morgan fingerprint density at radius 1 is 1.27 bits per heavy atom. The summed E-state index contributed by atoms with van der Waals surface area (Å²) < 4.78 is 12.8. The Kier molecular flexibility index (Phi) is 5.22. The van der Waals surface area contributed by atoms with Crippen molar-refractivity contribution in [3.63, 3.8) is 0 Å². The van der Waals surface area contributed by atoms with E-state index < -0.39 is 11.6 Å². The summed E-state index contributed by atoms with van der Waals surface area (Å²) in [5.74, 6) is 0.0204. The number of aromatic nitrogens is 2. The third-order valence-electron chi connectivity index (χ3n) is 6.71. The molecule has 8 heteroatoms. The Hall–Kier alpha value is -3.23. The van der Waals surface area contributed by atoms with Gasteiger partial charge >= 0.3 is 5.97 Å². The Balaban J connectivity index is 1.71. The van der Waals surface area contributed by atoms with E-state index in [-0.39, 0.29) is 18.6 Å². The van der Waals surface area contributed by atoms with Crippen LogP contribution in [0.4, 0.5) is 0 Å². The molecule has 1 atom stereocenters. The lowest BCUT2D eigenvalue weighted by Crippen LogP contribution is -2.44. The van der Waals surface area contributed by atoms with E-state index in [1.54, 1.807) is 17.6 Å².